The summed E-state index contributed by atoms with van der Waals surface area (Å²) in [4.78, 5) is 12.1. The summed E-state index contributed by atoms with van der Waals surface area (Å²) in [6.07, 6.45) is -7.10. The molecule has 0 atom stereocenters. The number of benzene rings is 2. The van der Waals surface area contributed by atoms with Crippen molar-refractivity contribution in [1.29, 1.82) is 0 Å². The van der Waals surface area contributed by atoms with Crippen LogP contribution in [0.15, 0.2) is 48.5 Å². The van der Waals surface area contributed by atoms with Crippen LogP contribution in [0.3, 0.4) is 0 Å². The van der Waals surface area contributed by atoms with Crippen molar-refractivity contribution < 1.29 is 22.0 Å². The highest BCUT2D eigenvalue weighted by Gasteiger charge is 2.30. The van der Waals surface area contributed by atoms with Crippen molar-refractivity contribution in [2.75, 3.05) is 31.1 Å². The smallest absolute Gasteiger partial charge is 0.353 e. The lowest BCUT2D eigenvalue weighted by atomic mass is 10.1. The first kappa shape index (κ1) is 20.5. The van der Waals surface area contributed by atoms with E-state index in [0.29, 0.717) is 44.1 Å². The number of hydrogen-bond acceptors (Lipinski definition) is 4. The second-order valence-electron chi connectivity index (χ2n) is 7.18. The van der Waals surface area contributed by atoms with Crippen LogP contribution >= 0.6 is 0 Å². The average Bonchev–Trinajstić information content (AvgIpc) is 2.73. The minimum Gasteiger partial charge on any atom is -0.353 e. The Bertz CT molecular complexity index is 1010. The van der Waals surface area contributed by atoms with Gasteiger partial charge in [-0.15, -0.1) is 0 Å². The Hall–Kier alpha value is -2.81. The number of para-hydroxylation sites is 1. The highest BCUT2D eigenvalue weighted by molar-refractivity contribution is 5.89. The molecule has 1 saturated heterocycles. The maximum absolute atomic E-state index is 13.2. The number of hydrogen-bond donors (Lipinski definition) is 0. The molecular weight excluding hydrogens is 403 g/mol. The highest BCUT2D eigenvalue weighted by atomic mass is 19.4. The molecule has 0 N–H and O–H groups in total. The average molecular weight is 422 g/mol. The standard InChI is InChI=1S/C21H19F5N4/c22-18(23)19-27-17-4-2-1-3-16(17)20(28-19)30-11-9-29(10-12-30)13-14-5-7-15(8-6-14)21(24,25)26/h1-8,18H,9-13H2. The van der Waals surface area contributed by atoms with Crippen LogP contribution in [0.1, 0.15) is 23.4 Å². The summed E-state index contributed by atoms with van der Waals surface area (Å²) < 4.78 is 64.5. The SMILES string of the molecule is FC(F)c1nc(N2CCN(Cc3ccc(C(F)(F)F)cc3)CC2)c2ccccc2n1. The van der Waals surface area contributed by atoms with Crippen molar-refractivity contribution >= 4 is 16.7 Å². The van der Waals surface area contributed by atoms with E-state index in [9.17, 15) is 22.0 Å². The van der Waals surface area contributed by atoms with Crippen molar-refractivity contribution in [3.8, 4) is 0 Å². The van der Waals surface area contributed by atoms with Crippen LogP contribution in [0, 0.1) is 0 Å². The zero-order valence-corrected chi connectivity index (χ0v) is 15.9. The molecule has 0 unspecified atom stereocenters. The van der Waals surface area contributed by atoms with Gasteiger partial charge in [0.15, 0.2) is 5.82 Å². The molecule has 1 aliphatic rings. The predicted molar refractivity (Wildman–Crippen MR) is 103 cm³/mol. The van der Waals surface area contributed by atoms with Gasteiger partial charge in [0, 0.05) is 38.1 Å². The number of anilines is 1. The van der Waals surface area contributed by atoms with Crippen molar-refractivity contribution in [2.45, 2.75) is 19.1 Å². The number of halogens is 5. The minimum atomic E-state index is -4.35. The molecule has 158 valence electrons. The molecule has 1 fully saturated rings. The van der Waals surface area contributed by atoms with E-state index in [1.54, 1.807) is 12.1 Å². The third kappa shape index (κ3) is 4.35. The van der Waals surface area contributed by atoms with Crippen molar-refractivity contribution in [1.82, 2.24) is 14.9 Å². The first-order valence-corrected chi connectivity index (χ1v) is 9.49. The molecule has 1 aromatic heterocycles. The largest absolute Gasteiger partial charge is 0.416 e. The summed E-state index contributed by atoms with van der Waals surface area (Å²) in [5.41, 5.74) is 0.607. The van der Waals surface area contributed by atoms with Crippen LogP contribution in [0.25, 0.3) is 10.9 Å². The first-order chi connectivity index (χ1) is 14.3. The fourth-order valence-corrected chi connectivity index (χ4v) is 3.59. The summed E-state index contributed by atoms with van der Waals surface area (Å²) in [7, 11) is 0. The van der Waals surface area contributed by atoms with E-state index in [1.165, 1.54) is 12.1 Å². The lowest BCUT2D eigenvalue weighted by Crippen LogP contribution is -2.46. The zero-order chi connectivity index (χ0) is 21.3. The topological polar surface area (TPSA) is 32.3 Å². The molecule has 4 rings (SSSR count). The zero-order valence-electron chi connectivity index (χ0n) is 15.9. The van der Waals surface area contributed by atoms with Gasteiger partial charge in [-0.05, 0) is 29.8 Å². The van der Waals surface area contributed by atoms with Gasteiger partial charge in [-0.25, -0.2) is 18.7 Å². The van der Waals surface area contributed by atoms with E-state index in [1.807, 2.05) is 17.0 Å². The third-order valence-electron chi connectivity index (χ3n) is 5.15. The molecule has 3 aromatic rings. The molecule has 0 bridgehead atoms. The fraction of sp³-hybridized carbons (Fsp3) is 0.333. The summed E-state index contributed by atoms with van der Waals surface area (Å²) in [5, 5.41) is 0.720. The third-order valence-corrected chi connectivity index (χ3v) is 5.15. The van der Waals surface area contributed by atoms with Gasteiger partial charge in [-0.3, -0.25) is 4.90 Å². The summed E-state index contributed by atoms with van der Waals surface area (Å²) in [5.74, 6) is 0.000893. The molecule has 1 aliphatic heterocycles. The number of aromatic nitrogens is 2. The number of nitrogens with zero attached hydrogens (tertiary/aromatic N) is 4. The van der Waals surface area contributed by atoms with Gasteiger partial charge in [0.25, 0.3) is 6.43 Å². The second-order valence-corrected chi connectivity index (χ2v) is 7.18. The molecule has 2 heterocycles. The summed E-state index contributed by atoms with van der Waals surface area (Å²) in [6, 6.07) is 12.2. The Labute approximate surface area is 170 Å². The molecule has 0 radical (unpaired) electrons. The van der Waals surface area contributed by atoms with Gasteiger partial charge in [0.05, 0.1) is 11.1 Å². The van der Waals surface area contributed by atoms with Crippen LogP contribution in [0.5, 0.6) is 0 Å². The molecule has 2 aromatic carbocycles. The van der Waals surface area contributed by atoms with Gasteiger partial charge in [0.2, 0.25) is 0 Å². The van der Waals surface area contributed by atoms with Gasteiger partial charge in [0.1, 0.15) is 5.82 Å². The Kier molecular flexibility index (Phi) is 5.55. The molecule has 9 heteroatoms. The monoisotopic (exact) mass is 422 g/mol. The van der Waals surface area contributed by atoms with E-state index in [2.05, 4.69) is 14.9 Å². The lowest BCUT2D eigenvalue weighted by Gasteiger charge is -2.36. The quantitative estimate of drug-likeness (QED) is 0.560. The fourth-order valence-electron chi connectivity index (χ4n) is 3.59. The van der Waals surface area contributed by atoms with E-state index < -0.39 is 24.0 Å². The maximum Gasteiger partial charge on any atom is 0.416 e. The number of piperazine rings is 1. The van der Waals surface area contributed by atoms with Crippen LogP contribution in [0.4, 0.5) is 27.8 Å². The number of fused-ring (bicyclic) bond motifs is 1. The minimum absolute atomic E-state index is 0.477. The first-order valence-electron chi connectivity index (χ1n) is 9.49. The molecule has 0 saturated carbocycles. The summed E-state index contributed by atoms with van der Waals surface area (Å²) >= 11 is 0. The number of alkyl halides is 5. The Morgan fingerprint density at radius 1 is 0.867 bits per heavy atom. The molecular formula is C21H19F5N4. The van der Waals surface area contributed by atoms with Crippen molar-refractivity contribution in [3.05, 3.63) is 65.5 Å². The van der Waals surface area contributed by atoms with E-state index >= 15 is 0 Å². The van der Waals surface area contributed by atoms with Crippen LogP contribution in [0.2, 0.25) is 0 Å². The highest BCUT2D eigenvalue weighted by Crippen LogP contribution is 2.30. The Morgan fingerprint density at radius 2 is 1.53 bits per heavy atom. The lowest BCUT2D eigenvalue weighted by molar-refractivity contribution is -0.137. The summed E-state index contributed by atoms with van der Waals surface area (Å²) in [6.45, 7) is 2.96. The Balaban J connectivity index is 1.46. The Morgan fingerprint density at radius 3 is 2.17 bits per heavy atom. The van der Waals surface area contributed by atoms with Crippen molar-refractivity contribution in [3.63, 3.8) is 0 Å². The van der Waals surface area contributed by atoms with Crippen LogP contribution in [-0.2, 0) is 12.7 Å². The molecule has 0 spiro atoms. The molecule has 0 amide bonds. The molecule has 0 aliphatic carbocycles. The molecule has 30 heavy (non-hydrogen) atoms. The van der Waals surface area contributed by atoms with Gasteiger partial charge < -0.3 is 4.90 Å². The van der Waals surface area contributed by atoms with Crippen LogP contribution in [-0.4, -0.2) is 41.0 Å². The van der Waals surface area contributed by atoms with E-state index in [-0.39, 0.29) is 0 Å². The number of rotatable bonds is 4. The normalized spacial score (nSPS) is 15.9. The van der Waals surface area contributed by atoms with Gasteiger partial charge in [-0.2, -0.15) is 13.2 Å². The maximum atomic E-state index is 13.2. The molecule has 4 nitrogen and oxygen atoms in total. The van der Waals surface area contributed by atoms with Gasteiger partial charge in [-0.1, -0.05) is 24.3 Å². The van der Waals surface area contributed by atoms with Gasteiger partial charge >= 0.3 is 6.18 Å². The second kappa shape index (κ2) is 8.14. The van der Waals surface area contributed by atoms with Crippen molar-refractivity contribution in [2.24, 2.45) is 0 Å². The predicted octanol–water partition coefficient (Wildman–Crippen LogP) is 4.91. The van der Waals surface area contributed by atoms with E-state index in [4.69, 9.17) is 0 Å². The van der Waals surface area contributed by atoms with E-state index in [0.717, 1.165) is 23.1 Å². The van der Waals surface area contributed by atoms with Crippen LogP contribution < -0.4 is 4.90 Å².